The Morgan fingerprint density at radius 1 is 1.25 bits per heavy atom. The van der Waals surface area contributed by atoms with Crippen LogP contribution in [0.1, 0.15) is 44.5 Å². The maximum Gasteiger partial charge on any atom is 0.281 e. The normalized spacial score (nSPS) is 16.8. The third-order valence-corrected chi connectivity index (χ3v) is 7.15. The number of nitrogens with zero attached hydrogens (tertiary/aromatic N) is 4. The van der Waals surface area contributed by atoms with Crippen molar-refractivity contribution in [1.29, 1.82) is 0 Å². The number of aromatic nitrogens is 3. The van der Waals surface area contributed by atoms with Crippen LogP contribution in [0.5, 0.6) is 0 Å². The minimum Gasteiger partial charge on any atom is -0.377 e. The van der Waals surface area contributed by atoms with E-state index in [9.17, 15) is 9.59 Å². The minimum atomic E-state index is -0.492. The molecule has 2 aromatic heterocycles. The molecule has 7 nitrogen and oxygen atoms in total. The van der Waals surface area contributed by atoms with Crippen molar-refractivity contribution >= 4 is 32.6 Å². The van der Waals surface area contributed by atoms with Crippen LogP contribution in [0.15, 0.2) is 35.1 Å². The molecule has 4 rings (SSSR count). The van der Waals surface area contributed by atoms with Gasteiger partial charge < -0.3 is 9.64 Å². The summed E-state index contributed by atoms with van der Waals surface area (Å²) in [4.78, 5) is 38.2. The lowest BCUT2D eigenvalue weighted by atomic mass is 10.0. The van der Waals surface area contributed by atoms with Crippen LogP contribution in [0, 0.1) is 6.92 Å². The molecule has 32 heavy (non-hydrogen) atoms. The van der Waals surface area contributed by atoms with Gasteiger partial charge in [-0.15, -0.1) is 0 Å². The Labute approximate surface area is 192 Å². The summed E-state index contributed by atoms with van der Waals surface area (Å²) in [6, 6.07) is 9.90. The SMILES string of the molecule is COC(C)(C)Cn1c(C)nc2sc(N3CCC[C@@H]3C(=O)CCc3ccccc3)nc2c1=O. The second kappa shape index (κ2) is 9.11. The maximum absolute atomic E-state index is 13.2. The first-order valence-electron chi connectivity index (χ1n) is 11.1. The number of ketones is 1. The quantitative estimate of drug-likeness (QED) is 0.516. The number of benzene rings is 1. The number of aryl methyl sites for hydroxylation is 2. The van der Waals surface area contributed by atoms with E-state index in [0.717, 1.165) is 25.8 Å². The van der Waals surface area contributed by atoms with Crippen molar-refractivity contribution in [2.75, 3.05) is 18.6 Å². The van der Waals surface area contributed by atoms with E-state index in [1.807, 2.05) is 39.0 Å². The van der Waals surface area contributed by atoms with Crippen LogP contribution in [0.25, 0.3) is 10.3 Å². The van der Waals surface area contributed by atoms with E-state index in [0.29, 0.717) is 34.3 Å². The molecule has 0 unspecified atom stereocenters. The zero-order valence-electron chi connectivity index (χ0n) is 19.1. The predicted molar refractivity (Wildman–Crippen MR) is 128 cm³/mol. The third kappa shape index (κ3) is 4.61. The van der Waals surface area contributed by atoms with E-state index in [-0.39, 0.29) is 17.4 Å². The van der Waals surface area contributed by atoms with Crippen LogP contribution in [0.4, 0.5) is 5.13 Å². The van der Waals surface area contributed by atoms with E-state index >= 15 is 0 Å². The summed E-state index contributed by atoms with van der Waals surface area (Å²) >= 11 is 1.40. The van der Waals surface area contributed by atoms with Crippen LogP contribution < -0.4 is 10.5 Å². The molecule has 170 valence electrons. The van der Waals surface area contributed by atoms with E-state index in [1.165, 1.54) is 16.9 Å². The zero-order valence-corrected chi connectivity index (χ0v) is 19.9. The highest BCUT2D eigenvalue weighted by Gasteiger charge is 2.33. The number of carbonyl (C=O) groups excluding carboxylic acids is 1. The Morgan fingerprint density at radius 3 is 2.72 bits per heavy atom. The molecule has 3 aromatic rings. The van der Waals surface area contributed by atoms with Crippen LogP contribution in [0.2, 0.25) is 0 Å². The van der Waals surface area contributed by atoms with E-state index in [1.54, 1.807) is 11.7 Å². The number of methoxy groups -OCH3 is 1. The van der Waals surface area contributed by atoms with Crippen molar-refractivity contribution in [3.63, 3.8) is 0 Å². The van der Waals surface area contributed by atoms with E-state index in [2.05, 4.69) is 27.0 Å². The average Bonchev–Trinajstić information content (AvgIpc) is 3.43. The summed E-state index contributed by atoms with van der Waals surface area (Å²) in [6.07, 6.45) is 3.01. The lowest BCUT2D eigenvalue weighted by Gasteiger charge is -2.24. The van der Waals surface area contributed by atoms with Gasteiger partial charge in [-0.1, -0.05) is 41.7 Å². The molecule has 3 heterocycles. The van der Waals surface area contributed by atoms with Crippen molar-refractivity contribution in [3.05, 3.63) is 52.1 Å². The lowest BCUT2D eigenvalue weighted by Crippen LogP contribution is -2.36. The molecule has 0 bridgehead atoms. The number of carbonyl (C=O) groups is 1. The molecular formula is C24H30N4O3S. The first-order valence-corrected chi connectivity index (χ1v) is 11.9. The number of hydrogen-bond acceptors (Lipinski definition) is 7. The molecule has 0 amide bonds. The van der Waals surface area contributed by atoms with E-state index < -0.39 is 5.60 Å². The fourth-order valence-corrected chi connectivity index (χ4v) is 5.21. The monoisotopic (exact) mass is 454 g/mol. The smallest absolute Gasteiger partial charge is 0.281 e. The van der Waals surface area contributed by atoms with Gasteiger partial charge in [0.25, 0.3) is 5.56 Å². The first kappa shape index (κ1) is 22.6. The Morgan fingerprint density at radius 2 is 2.00 bits per heavy atom. The molecule has 1 aliphatic heterocycles. The van der Waals surface area contributed by atoms with Crippen LogP contribution in [-0.2, 0) is 22.5 Å². The summed E-state index contributed by atoms with van der Waals surface area (Å²) in [5, 5.41) is 0.711. The highest BCUT2D eigenvalue weighted by atomic mass is 32.1. The summed E-state index contributed by atoms with van der Waals surface area (Å²) in [6.45, 7) is 6.87. The summed E-state index contributed by atoms with van der Waals surface area (Å²) in [7, 11) is 1.63. The van der Waals surface area contributed by atoms with Gasteiger partial charge in [-0.05, 0) is 45.6 Å². The number of anilines is 1. The fourth-order valence-electron chi connectivity index (χ4n) is 4.16. The van der Waals surface area contributed by atoms with Crippen LogP contribution in [-0.4, -0.2) is 45.6 Å². The van der Waals surface area contributed by atoms with Gasteiger partial charge in [0.2, 0.25) is 0 Å². The van der Waals surface area contributed by atoms with Crippen molar-refractivity contribution in [3.8, 4) is 0 Å². The molecule has 1 fully saturated rings. The lowest BCUT2D eigenvalue weighted by molar-refractivity contribution is -0.120. The largest absolute Gasteiger partial charge is 0.377 e. The second-order valence-corrected chi connectivity index (χ2v) is 9.92. The number of Topliss-reactive ketones (excluding diaryl/α,β-unsaturated/α-hetero) is 1. The van der Waals surface area contributed by atoms with Gasteiger partial charge in [0.15, 0.2) is 21.3 Å². The number of ether oxygens (including phenoxy) is 1. The molecule has 0 N–H and O–H groups in total. The molecule has 0 radical (unpaired) electrons. The van der Waals surface area contributed by atoms with Crippen LogP contribution >= 0.6 is 11.3 Å². The van der Waals surface area contributed by atoms with Gasteiger partial charge in [0.1, 0.15) is 5.82 Å². The second-order valence-electron chi connectivity index (χ2n) is 8.97. The molecule has 0 saturated carbocycles. The Bertz CT molecular complexity index is 1170. The Hall–Kier alpha value is -2.58. The standard InChI is InChI=1S/C24H30N4O3S/c1-16-25-21-20(22(30)28(16)15-24(2,3)31-4)26-23(32-21)27-14-8-11-18(27)19(29)13-12-17-9-6-5-7-10-17/h5-7,9-10,18H,8,11-15H2,1-4H3/t18-/m1/s1. The fraction of sp³-hybridized carbons (Fsp3) is 0.500. The summed E-state index contributed by atoms with van der Waals surface area (Å²) < 4.78 is 7.12. The number of rotatable bonds is 8. The number of hydrogen-bond donors (Lipinski definition) is 0. The highest BCUT2D eigenvalue weighted by Crippen LogP contribution is 2.32. The van der Waals surface area contributed by atoms with Gasteiger partial charge >= 0.3 is 0 Å². The third-order valence-electron chi connectivity index (χ3n) is 6.16. The van der Waals surface area contributed by atoms with Gasteiger partial charge in [-0.25, -0.2) is 9.97 Å². The molecule has 1 aromatic carbocycles. The molecular weight excluding hydrogens is 424 g/mol. The summed E-state index contributed by atoms with van der Waals surface area (Å²) in [5.41, 5.74) is 0.884. The van der Waals surface area contributed by atoms with Gasteiger partial charge in [-0.2, -0.15) is 0 Å². The minimum absolute atomic E-state index is 0.161. The topological polar surface area (TPSA) is 77.3 Å². The molecule has 8 heteroatoms. The van der Waals surface area contributed by atoms with Crippen molar-refractivity contribution in [1.82, 2.24) is 14.5 Å². The van der Waals surface area contributed by atoms with E-state index in [4.69, 9.17) is 4.74 Å². The molecule has 0 aliphatic carbocycles. The maximum atomic E-state index is 13.2. The zero-order chi connectivity index (χ0) is 22.9. The van der Waals surface area contributed by atoms with Crippen LogP contribution in [0.3, 0.4) is 0 Å². The van der Waals surface area contributed by atoms with Crippen molar-refractivity contribution in [2.24, 2.45) is 0 Å². The van der Waals surface area contributed by atoms with Gasteiger partial charge in [0.05, 0.1) is 18.2 Å². The summed E-state index contributed by atoms with van der Waals surface area (Å²) in [5.74, 6) is 0.869. The van der Waals surface area contributed by atoms with Gasteiger partial charge in [0, 0.05) is 20.1 Å². The van der Waals surface area contributed by atoms with Crippen molar-refractivity contribution < 1.29 is 9.53 Å². The number of thiazole rings is 1. The van der Waals surface area contributed by atoms with Gasteiger partial charge in [-0.3, -0.25) is 14.2 Å². The highest BCUT2D eigenvalue weighted by molar-refractivity contribution is 7.21. The van der Waals surface area contributed by atoms with Crippen molar-refractivity contribution in [2.45, 2.75) is 64.6 Å². The first-order chi connectivity index (χ1) is 15.3. The molecule has 1 saturated heterocycles. The Balaban J connectivity index is 1.57. The average molecular weight is 455 g/mol. The molecule has 0 spiro atoms. The number of fused-ring (bicyclic) bond motifs is 1. The molecule has 1 atom stereocenters. The molecule has 1 aliphatic rings. The Kier molecular flexibility index (Phi) is 6.44. The predicted octanol–water partition coefficient (Wildman–Crippen LogP) is 3.76.